The van der Waals surface area contributed by atoms with Crippen molar-refractivity contribution in [3.8, 4) is 45.5 Å². The van der Waals surface area contributed by atoms with Gasteiger partial charge in [-0.3, -0.25) is 9.59 Å². The molecule has 22 heteroatoms. The molecule has 0 spiro atoms. The summed E-state index contributed by atoms with van der Waals surface area (Å²) in [5.41, 5.74) is -3.00. The standard InChI is InChI=1S/C27H25ClF4N2O6.C15H13ClF4N2O2/c1-33-24(36)14-40-20-7-5-15(13-22(20)39-3)19(35)10-11-26(37,27(30,31)32)23-9-8-21(38-2)25(34-23)16-4-6-18(29)17(28)12-16;1-24-11-4-5-12(14(23,7-21)15(18,19)20)22-13(11)8-2-3-10(17)9(16)6-8/h4-9,12-13,37H,10-11,14H2,1-3H3,(H,33,36);2-6,23H,7,21H2,1H3. The number of benzene rings is 3. The number of nitrogens with zero attached hydrogens (tertiary/aromatic N) is 2. The number of amides is 1. The first-order chi connectivity index (χ1) is 30.0. The molecule has 2 heterocycles. The zero-order valence-electron chi connectivity index (χ0n) is 33.9. The predicted molar refractivity (Wildman–Crippen MR) is 217 cm³/mol. The number of likely N-dealkylation sites (N-methyl/N-ethyl adjacent to an activating group) is 1. The van der Waals surface area contributed by atoms with Crippen molar-refractivity contribution in [3.63, 3.8) is 0 Å². The molecule has 2 atom stereocenters. The van der Waals surface area contributed by atoms with Gasteiger partial charge in [0, 0.05) is 36.7 Å². The second-order valence-corrected chi connectivity index (χ2v) is 14.2. The Balaban J connectivity index is 0.000000318. The molecular weight excluding hydrogens is 911 g/mol. The van der Waals surface area contributed by atoms with Crippen LogP contribution in [0, 0.1) is 11.6 Å². The lowest BCUT2D eigenvalue weighted by atomic mass is 9.89. The number of alkyl halides is 6. The van der Waals surface area contributed by atoms with Crippen LogP contribution in [0.25, 0.3) is 22.5 Å². The summed E-state index contributed by atoms with van der Waals surface area (Å²) in [6.45, 7) is -1.43. The molecule has 12 nitrogen and oxygen atoms in total. The van der Waals surface area contributed by atoms with Crippen molar-refractivity contribution in [1.29, 1.82) is 0 Å². The molecule has 0 saturated heterocycles. The molecule has 2 aromatic heterocycles. The third kappa shape index (κ3) is 11.3. The van der Waals surface area contributed by atoms with Gasteiger partial charge in [0.25, 0.3) is 5.91 Å². The Morgan fingerprint density at radius 3 is 1.53 bits per heavy atom. The summed E-state index contributed by atoms with van der Waals surface area (Å²) < 4.78 is 130. The van der Waals surface area contributed by atoms with Crippen LogP contribution in [-0.2, 0) is 16.0 Å². The number of ether oxygens (including phenoxy) is 4. The molecule has 344 valence electrons. The van der Waals surface area contributed by atoms with Crippen LogP contribution in [0.5, 0.6) is 23.0 Å². The minimum absolute atomic E-state index is 0.00185. The number of rotatable bonds is 15. The number of hydrogen-bond donors (Lipinski definition) is 4. The fourth-order valence-electron chi connectivity index (χ4n) is 5.78. The Hall–Kier alpha value is -5.80. The summed E-state index contributed by atoms with van der Waals surface area (Å²) in [4.78, 5) is 32.1. The van der Waals surface area contributed by atoms with Crippen LogP contribution in [-0.4, -0.2) is 85.8 Å². The van der Waals surface area contributed by atoms with Gasteiger partial charge in [-0.15, -0.1) is 0 Å². The number of ketones is 1. The van der Waals surface area contributed by atoms with Gasteiger partial charge >= 0.3 is 12.4 Å². The summed E-state index contributed by atoms with van der Waals surface area (Å²) >= 11 is 11.5. The van der Waals surface area contributed by atoms with Gasteiger partial charge < -0.3 is 40.2 Å². The van der Waals surface area contributed by atoms with E-state index in [0.29, 0.717) is 0 Å². The number of methoxy groups -OCH3 is 3. The quantitative estimate of drug-likeness (QED) is 0.0587. The second-order valence-electron chi connectivity index (χ2n) is 13.4. The van der Waals surface area contributed by atoms with Gasteiger partial charge in [0.2, 0.25) is 11.2 Å². The van der Waals surface area contributed by atoms with Gasteiger partial charge in [-0.2, -0.15) is 26.3 Å². The van der Waals surface area contributed by atoms with E-state index >= 15 is 0 Å². The fraction of sp³-hybridized carbons (Fsp3) is 0.286. The van der Waals surface area contributed by atoms with Crippen LogP contribution in [0.15, 0.2) is 78.9 Å². The molecule has 1 amide bonds. The monoisotopic (exact) mass is 948 g/mol. The number of pyridine rings is 2. The lowest BCUT2D eigenvalue weighted by Gasteiger charge is -2.30. The van der Waals surface area contributed by atoms with Crippen LogP contribution in [0.1, 0.15) is 34.6 Å². The first kappa shape index (κ1) is 50.8. The van der Waals surface area contributed by atoms with Gasteiger partial charge in [-0.05, 0) is 85.3 Å². The molecule has 5 aromatic rings. The molecule has 3 aromatic carbocycles. The first-order valence-electron chi connectivity index (χ1n) is 18.3. The van der Waals surface area contributed by atoms with Crippen LogP contribution >= 0.6 is 23.2 Å². The minimum atomic E-state index is -5.22. The van der Waals surface area contributed by atoms with Gasteiger partial charge in [-0.1, -0.05) is 23.2 Å². The third-order valence-corrected chi connectivity index (χ3v) is 10.0. The number of nitrogens with two attached hydrogens (primary N) is 1. The Morgan fingerprint density at radius 1 is 0.672 bits per heavy atom. The van der Waals surface area contributed by atoms with E-state index in [1.54, 1.807) is 0 Å². The largest absolute Gasteiger partial charge is 0.494 e. The minimum Gasteiger partial charge on any atom is -0.494 e. The molecule has 0 aliphatic rings. The lowest BCUT2D eigenvalue weighted by Crippen LogP contribution is -2.48. The smallest absolute Gasteiger partial charge is 0.424 e. The number of hydrogen-bond acceptors (Lipinski definition) is 11. The maximum atomic E-state index is 14.3. The zero-order chi connectivity index (χ0) is 47.8. The molecule has 0 fully saturated rings. The van der Waals surface area contributed by atoms with Crippen molar-refractivity contribution in [2.24, 2.45) is 5.73 Å². The number of aliphatic hydroxyl groups is 2. The highest BCUT2D eigenvalue weighted by Crippen LogP contribution is 2.44. The number of halogens is 10. The molecule has 5 rings (SSSR count). The number of carbonyl (C=O) groups excluding carboxylic acids is 2. The van der Waals surface area contributed by atoms with Crippen molar-refractivity contribution in [1.82, 2.24) is 15.3 Å². The van der Waals surface area contributed by atoms with Crippen molar-refractivity contribution < 1.29 is 73.9 Å². The van der Waals surface area contributed by atoms with E-state index in [1.165, 1.54) is 76.9 Å². The fourth-order valence-corrected chi connectivity index (χ4v) is 6.14. The van der Waals surface area contributed by atoms with Crippen molar-refractivity contribution in [2.75, 3.05) is 41.5 Å². The van der Waals surface area contributed by atoms with Crippen LogP contribution in [0.4, 0.5) is 35.1 Å². The van der Waals surface area contributed by atoms with Crippen molar-refractivity contribution in [3.05, 3.63) is 117 Å². The Labute approximate surface area is 369 Å². The number of Topliss-reactive ketones (excluding diaryl/α,β-unsaturated/α-hetero) is 1. The van der Waals surface area contributed by atoms with E-state index in [2.05, 4.69) is 15.3 Å². The molecular formula is C42H38Cl2F8N4O8. The van der Waals surface area contributed by atoms with E-state index in [1.807, 2.05) is 0 Å². The van der Waals surface area contributed by atoms with E-state index in [9.17, 15) is 54.9 Å². The molecule has 0 bridgehead atoms. The lowest BCUT2D eigenvalue weighted by molar-refractivity contribution is -0.270. The predicted octanol–water partition coefficient (Wildman–Crippen LogP) is 8.35. The zero-order valence-corrected chi connectivity index (χ0v) is 35.4. The Morgan fingerprint density at radius 2 is 1.12 bits per heavy atom. The van der Waals surface area contributed by atoms with E-state index in [4.69, 9.17) is 47.9 Å². The van der Waals surface area contributed by atoms with Gasteiger partial charge in [0.1, 0.15) is 34.5 Å². The average molecular weight is 950 g/mol. The van der Waals surface area contributed by atoms with Crippen LogP contribution < -0.4 is 30.0 Å². The average Bonchev–Trinajstić information content (AvgIpc) is 3.27. The Kier molecular flexibility index (Phi) is 16.5. The molecule has 0 saturated carbocycles. The maximum Gasteiger partial charge on any atom is 0.424 e. The van der Waals surface area contributed by atoms with Gasteiger partial charge in [0.15, 0.2) is 23.9 Å². The first-order valence-corrected chi connectivity index (χ1v) is 19.1. The highest BCUT2D eigenvalue weighted by atomic mass is 35.5. The molecule has 0 radical (unpaired) electrons. The van der Waals surface area contributed by atoms with Crippen LogP contribution in [0.2, 0.25) is 10.0 Å². The molecule has 2 unspecified atom stereocenters. The molecule has 5 N–H and O–H groups in total. The maximum absolute atomic E-state index is 14.3. The SMILES string of the molecule is CNC(=O)COc1ccc(C(=O)CCC(O)(c2ccc(OC)c(-c3ccc(F)c(Cl)c3)n2)C(F)(F)F)cc1OC.COc1ccc(C(O)(CN)C(F)(F)F)nc1-c1ccc(F)c(Cl)c1. The van der Waals surface area contributed by atoms with E-state index in [0.717, 1.165) is 30.3 Å². The molecule has 0 aliphatic carbocycles. The van der Waals surface area contributed by atoms with Crippen molar-refractivity contribution >= 4 is 34.9 Å². The summed E-state index contributed by atoms with van der Waals surface area (Å²) in [5, 5.41) is 22.7. The number of aromatic nitrogens is 2. The topological polar surface area (TPSA) is 175 Å². The normalized spacial score (nSPS) is 13.4. The van der Waals surface area contributed by atoms with Gasteiger partial charge in [0.05, 0.1) is 42.8 Å². The number of nitrogens with one attached hydrogen (secondary N) is 1. The van der Waals surface area contributed by atoms with Crippen LogP contribution in [0.3, 0.4) is 0 Å². The molecule has 0 aliphatic heterocycles. The summed E-state index contributed by atoms with van der Waals surface area (Å²) in [7, 11) is 5.28. The summed E-state index contributed by atoms with van der Waals surface area (Å²) in [5.74, 6) is -2.16. The van der Waals surface area contributed by atoms with Crippen molar-refractivity contribution in [2.45, 2.75) is 36.4 Å². The van der Waals surface area contributed by atoms with E-state index < -0.39 is 77.7 Å². The van der Waals surface area contributed by atoms with Gasteiger partial charge in [-0.25, -0.2) is 18.7 Å². The third-order valence-electron chi connectivity index (χ3n) is 9.46. The van der Waals surface area contributed by atoms with E-state index in [-0.39, 0.29) is 67.7 Å². The highest BCUT2D eigenvalue weighted by Gasteiger charge is 2.57. The summed E-state index contributed by atoms with van der Waals surface area (Å²) in [6, 6.07) is 15.2. The highest BCUT2D eigenvalue weighted by molar-refractivity contribution is 6.31. The second kappa shape index (κ2) is 20.8. The molecule has 64 heavy (non-hydrogen) atoms. The Bertz CT molecular complexity index is 2480. The summed E-state index contributed by atoms with van der Waals surface area (Å²) in [6.07, 6.45) is -12.0. The number of carbonyl (C=O) groups is 2.